The molecule has 1 aromatic carbocycles. The van der Waals surface area contributed by atoms with Crippen LogP contribution in [0, 0.1) is 5.92 Å². The number of aliphatic carboxylic acids is 1. The van der Waals surface area contributed by atoms with Crippen molar-refractivity contribution in [2.75, 3.05) is 20.2 Å². The molecule has 0 aromatic heterocycles. The van der Waals surface area contributed by atoms with E-state index in [1.165, 1.54) is 12.0 Å². The average Bonchev–Trinajstić information content (AvgIpc) is 3.10. The number of fused-ring (bicyclic) bond motifs is 1. The molecule has 0 spiro atoms. The molecule has 2 aliphatic heterocycles. The Balaban J connectivity index is 1.98. The standard InChI is InChI=1S/C16H16N2O5/c1-23-10-4-2-9(3-5-10)14(21)13-11(8-12(19)20)16(22)18-7-6-17-15(13)18/h2-5,11,17H,6-8H2,1H3,(H,19,20). The number of benzene rings is 1. The summed E-state index contributed by atoms with van der Waals surface area (Å²) in [5.74, 6) is -1.65. The van der Waals surface area contributed by atoms with Gasteiger partial charge in [-0.3, -0.25) is 19.3 Å². The van der Waals surface area contributed by atoms with Crippen molar-refractivity contribution >= 4 is 17.7 Å². The van der Waals surface area contributed by atoms with E-state index in [0.717, 1.165) is 0 Å². The molecule has 1 saturated heterocycles. The molecule has 0 aliphatic carbocycles. The van der Waals surface area contributed by atoms with E-state index in [1.54, 1.807) is 24.3 Å². The molecule has 2 N–H and O–H groups in total. The van der Waals surface area contributed by atoms with Crippen molar-refractivity contribution in [3.63, 3.8) is 0 Å². The number of methoxy groups -OCH3 is 1. The number of hydrogen-bond donors (Lipinski definition) is 2. The van der Waals surface area contributed by atoms with Gasteiger partial charge in [0.1, 0.15) is 11.6 Å². The van der Waals surface area contributed by atoms with Gasteiger partial charge in [-0.1, -0.05) is 0 Å². The number of ether oxygens (including phenoxy) is 1. The van der Waals surface area contributed by atoms with Gasteiger partial charge in [-0.2, -0.15) is 0 Å². The minimum Gasteiger partial charge on any atom is -0.497 e. The van der Waals surface area contributed by atoms with Crippen molar-refractivity contribution in [1.29, 1.82) is 0 Å². The smallest absolute Gasteiger partial charge is 0.304 e. The van der Waals surface area contributed by atoms with E-state index in [4.69, 9.17) is 9.84 Å². The topological polar surface area (TPSA) is 95.9 Å². The Bertz CT molecular complexity index is 708. The van der Waals surface area contributed by atoms with E-state index < -0.39 is 18.3 Å². The van der Waals surface area contributed by atoms with Crippen molar-refractivity contribution in [2.24, 2.45) is 5.92 Å². The van der Waals surface area contributed by atoms with E-state index in [0.29, 0.717) is 30.2 Å². The van der Waals surface area contributed by atoms with E-state index >= 15 is 0 Å². The number of carboxylic acids is 1. The summed E-state index contributed by atoms with van der Waals surface area (Å²) in [6.45, 7) is 1.00. The number of amides is 1. The van der Waals surface area contributed by atoms with Gasteiger partial charge in [0, 0.05) is 18.7 Å². The van der Waals surface area contributed by atoms with Crippen molar-refractivity contribution in [2.45, 2.75) is 6.42 Å². The van der Waals surface area contributed by atoms with Crippen LogP contribution in [0.3, 0.4) is 0 Å². The average molecular weight is 316 g/mol. The van der Waals surface area contributed by atoms with Gasteiger partial charge in [0.15, 0.2) is 5.78 Å². The minimum atomic E-state index is -1.11. The molecule has 0 radical (unpaired) electrons. The molecule has 1 fully saturated rings. The summed E-state index contributed by atoms with van der Waals surface area (Å²) in [7, 11) is 1.53. The van der Waals surface area contributed by atoms with Crippen LogP contribution in [0.15, 0.2) is 35.7 Å². The zero-order chi connectivity index (χ0) is 16.6. The molecule has 0 saturated carbocycles. The summed E-state index contributed by atoms with van der Waals surface area (Å²) in [5.41, 5.74) is 0.632. The first-order valence-electron chi connectivity index (χ1n) is 7.23. The Hall–Kier alpha value is -2.83. The summed E-state index contributed by atoms with van der Waals surface area (Å²) in [6, 6.07) is 6.52. The van der Waals surface area contributed by atoms with Gasteiger partial charge in [0.25, 0.3) is 0 Å². The predicted molar refractivity (Wildman–Crippen MR) is 79.8 cm³/mol. The molecular weight excluding hydrogens is 300 g/mol. The van der Waals surface area contributed by atoms with Crippen LogP contribution in [0.25, 0.3) is 0 Å². The fraction of sp³-hybridized carbons (Fsp3) is 0.312. The molecule has 2 heterocycles. The molecule has 3 rings (SSSR count). The van der Waals surface area contributed by atoms with Crippen molar-refractivity contribution < 1.29 is 24.2 Å². The van der Waals surface area contributed by atoms with Crippen LogP contribution in [0.1, 0.15) is 16.8 Å². The fourth-order valence-electron chi connectivity index (χ4n) is 2.96. The van der Waals surface area contributed by atoms with Gasteiger partial charge in [0.2, 0.25) is 5.91 Å². The number of carbonyl (C=O) groups is 3. The number of hydrogen-bond acceptors (Lipinski definition) is 5. The van der Waals surface area contributed by atoms with Gasteiger partial charge in [-0.05, 0) is 24.3 Å². The lowest BCUT2D eigenvalue weighted by molar-refractivity contribution is -0.141. The predicted octanol–water partition coefficient (Wildman–Crippen LogP) is 0.626. The Kier molecular flexibility index (Phi) is 3.77. The number of rotatable bonds is 5. The highest BCUT2D eigenvalue weighted by Gasteiger charge is 2.45. The highest BCUT2D eigenvalue weighted by Crippen LogP contribution is 2.35. The maximum atomic E-state index is 12.8. The summed E-state index contributed by atoms with van der Waals surface area (Å²) in [6.07, 6.45) is -0.391. The fourth-order valence-corrected chi connectivity index (χ4v) is 2.96. The maximum Gasteiger partial charge on any atom is 0.304 e. The van der Waals surface area contributed by atoms with E-state index in [2.05, 4.69) is 5.32 Å². The van der Waals surface area contributed by atoms with Crippen LogP contribution < -0.4 is 10.1 Å². The number of nitrogens with zero attached hydrogens (tertiary/aromatic N) is 1. The SMILES string of the molecule is COc1ccc(C(=O)C2=C3NCCN3C(=O)C2CC(=O)O)cc1. The molecule has 1 amide bonds. The Morgan fingerprint density at radius 2 is 2.04 bits per heavy atom. The summed E-state index contributed by atoms with van der Waals surface area (Å²) < 4.78 is 5.06. The second-order valence-corrected chi connectivity index (χ2v) is 5.39. The third-order valence-electron chi connectivity index (χ3n) is 4.04. The van der Waals surface area contributed by atoms with E-state index in [1.807, 2.05) is 0 Å². The number of Topliss-reactive ketones (excluding diaryl/α,β-unsaturated/α-hetero) is 1. The van der Waals surface area contributed by atoms with E-state index in [-0.39, 0.29) is 17.3 Å². The van der Waals surface area contributed by atoms with Crippen LogP contribution in [-0.2, 0) is 9.59 Å². The quantitative estimate of drug-likeness (QED) is 0.773. The summed E-state index contributed by atoms with van der Waals surface area (Å²) in [5, 5.41) is 12.1. The molecule has 2 aliphatic rings. The molecular formula is C16H16N2O5. The molecule has 7 heteroatoms. The molecule has 23 heavy (non-hydrogen) atoms. The first kappa shape index (κ1) is 15.1. The number of nitrogens with one attached hydrogen (secondary N) is 1. The zero-order valence-electron chi connectivity index (χ0n) is 12.5. The Morgan fingerprint density at radius 1 is 1.35 bits per heavy atom. The highest BCUT2D eigenvalue weighted by molar-refractivity contribution is 6.15. The summed E-state index contributed by atoms with van der Waals surface area (Å²) in [4.78, 5) is 37.7. The second kappa shape index (κ2) is 5.75. The Labute approximate surface area is 132 Å². The van der Waals surface area contributed by atoms with Crippen LogP contribution in [0.5, 0.6) is 5.75 Å². The molecule has 1 atom stereocenters. The second-order valence-electron chi connectivity index (χ2n) is 5.39. The van der Waals surface area contributed by atoms with Gasteiger partial charge in [-0.25, -0.2) is 0 Å². The monoisotopic (exact) mass is 316 g/mol. The van der Waals surface area contributed by atoms with E-state index in [9.17, 15) is 14.4 Å². The van der Waals surface area contributed by atoms with Crippen LogP contribution in [0.2, 0.25) is 0 Å². The van der Waals surface area contributed by atoms with Crippen molar-refractivity contribution in [1.82, 2.24) is 10.2 Å². The van der Waals surface area contributed by atoms with Gasteiger partial charge < -0.3 is 15.2 Å². The Morgan fingerprint density at radius 3 is 2.65 bits per heavy atom. The molecule has 1 unspecified atom stereocenters. The van der Waals surface area contributed by atoms with Crippen LogP contribution >= 0.6 is 0 Å². The minimum absolute atomic E-state index is 0.236. The number of carbonyl (C=O) groups excluding carboxylic acids is 2. The first-order chi connectivity index (χ1) is 11.0. The third kappa shape index (κ3) is 2.54. The normalized spacial score (nSPS) is 19.6. The number of carboxylic acid groups (broad SMARTS) is 1. The van der Waals surface area contributed by atoms with Crippen LogP contribution in [-0.4, -0.2) is 47.9 Å². The highest BCUT2D eigenvalue weighted by atomic mass is 16.5. The van der Waals surface area contributed by atoms with Crippen LogP contribution in [0.4, 0.5) is 0 Å². The first-order valence-corrected chi connectivity index (χ1v) is 7.23. The molecule has 7 nitrogen and oxygen atoms in total. The maximum absolute atomic E-state index is 12.8. The number of ketones is 1. The lowest BCUT2D eigenvalue weighted by atomic mass is 9.90. The van der Waals surface area contributed by atoms with Crippen molar-refractivity contribution in [3.05, 3.63) is 41.2 Å². The molecule has 0 bridgehead atoms. The van der Waals surface area contributed by atoms with Gasteiger partial charge in [-0.15, -0.1) is 0 Å². The lowest BCUT2D eigenvalue weighted by Gasteiger charge is -2.12. The zero-order valence-corrected chi connectivity index (χ0v) is 12.5. The molecule has 1 aromatic rings. The largest absolute Gasteiger partial charge is 0.497 e. The van der Waals surface area contributed by atoms with Gasteiger partial charge in [0.05, 0.1) is 25.0 Å². The lowest BCUT2D eigenvalue weighted by Crippen LogP contribution is -2.29. The van der Waals surface area contributed by atoms with Gasteiger partial charge >= 0.3 is 5.97 Å². The van der Waals surface area contributed by atoms with Crippen molar-refractivity contribution in [3.8, 4) is 5.75 Å². The third-order valence-corrected chi connectivity index (χ3v) is 4.04. The molecule has 120 valence electrons. The summed E-state index contributed by atoms with van der Waals surface area (Å²) >= 11 is 0.